The molecule has 0 bridgehead atoms. The van der Waals surface area contributed by atoms with Crippen molar-refractivity contribution >= 4 is 5.91 Å². The molecule has 96 valence electrons. The number of rotatable bonds is 3. The minimum absolute atomic E-state index is 0.166. The van der Waals surface area contributed by atoms with Crippen LogP contribution in [0.3, 0.4) is 0 Å². The van der Waals surface area contributed by atoms with E-state index >= 15 is 0 Å². The van der Waals surface area contributed by atoms with Crippen LogP contribution in [-0.2, 0) is 0 Å². The summed E-state index contributed by atoms with van der Waals surface area (Å²) in [5.74, 6) is -12.6. The second kappa shape index (κ2) is 5.44. The molecule has 0 aliphatic rings. The predicted molar refractivity (Wildman–Crippen MR) is 48.8 cm³/mol. The van der Waals surface area contributed by atoms with Gasteiger partial charge in [-0.3, -0.25) is 4.79 Å². The fourth-order valence-electron chi connectivity index (χ4n) is 1.12. The largest absolute Gasteiger partial charge is 0.351 e. The summed E-state index contributed by atoms with van der Waals surface area (Å²) in [5, 5.41) is 10.0. The topological polar surface area (TPSA) is 52.9 Å². The maximum absolute atomic E-state index is 13.1. The molecule has 0 radical (unpaired) electrons. The van der Waals surface area contributed by atoms with E-state index in [0.717, 1.165) is 0 Å². The van der Waals surface area contributed by atoms with Crippen LogP contribution in [0.5, 0.6) is 0 Å². The standard InChI is InChI=1S/C10H5F5N2O/c11-5-4(10(18)17-3-1-2-16)6(12)8(14)9(15)7(5)13/h1,3H2,(H,17,18). The van der Waals surface area contributed by atoms with Gasteiger partial charge in [-0.2, -0.15) is 5.26 Å². The van der Waals surface area contributed by atoms with E-state index in [4.69, 9.17) is 5.26 Å². The van der Waals surface area contributed by atoms with Gasteiger partial charge in [-0.1, -0.05) is 0 Å². The lowest BCUT2D eigenvalue weighted by Crippen LogP contribution is -2.27. The summed E-state index contributed by atoms with van der Waals surface area (Å²) < 4.78 is 64.4. The SMILES string of the molecule is N#CCCNC(=O)c1c(F)c(F)c(F)c(F)c1F. The van der Waals surface area contributed by atoms with Gasteiger partial charge < -0.3 is 5.32 Å². The zero-order valence-corrected chi connectivity index (χ0v) is 8.66. The van der Waals surface area contributed by atoms with Crippen LogP contribution < -0.4 is 5.32 Å². The van der Waals surface area contributed by atoms with E-state index in [1.807, 2.05) is 5.32 Å². The molecule has 0 aliphatic heterocycles. The Balaban J connectivity index is 3.17. The molecule has 0 aliphatic carbocycles. The average Bonchev–Trinajstić information content (AvgIpc) is 2.34. The van der Waals surface area contributed by atoms with Crippen LogP contribution in [0.15, 0.2) is 0 Å². The Morgan fingerprint density at radius 1 is 1.00 bits per heavy atom. The molecule has 0 spiro atoms. The van der Waals surface area contributed by atoms with Crippen LogP contribution in [0, 0.1) is 40.4 Å². The number of halogens is 5. The van der Waals surface area contributed by atoms with Crippen LogP contribution in [0.4, 0.5) is 22.0 Å². The van der Waals surface area contributed by atoms with Gasteiger partial charge in [0.25, 0.3) is 5.91 Å². The fraction of sp³-hybridized carbons (Fsp3) is 0.200. The lowest BCUT2D eigenvalue weighted by molar-refractivity contribution is 0.0943. The smallest absolute Gasteiger partial charge is 0.257 e. The van der Waals surface area contributed by atoms with E-state index in [1.165, 1.54) is 0 Å². The Morgan fingerprint density at radius 3 is 1.89 bits per heavy atom. The number of nitrogens with zero attached hydrogens (tertiary/aromatic N) is 1. The molecule has 0 aromatic heterocycles. The first-order chi connectivity index (χ1) is 8.41. The number of carbonyl (C=O) groups is 1. The van der Waals surface area contributed by atoms with Gasteiger partial charge in [-0.05, 0) is 0 Å². The molecule has 0 heterocycles. The number of amides is 1. The van der Waals surface area contributed by atoms with Crippen molar-refractivity contribution in [2.75, 3.05) is 6.54 Å². The second-order valence-electron chi connectivity index (χ2n) is 3.11. The van der Waals surface area contributed by atoms with Crippen LogP contribution in [-0.4, -0.2) is 12.5 Å². The van der Waals surface area contributed by atoms with Crippen molar-refractivity contribution in [3.63, 3.8) is 0 Å². The van der Waals surface area contributed by atoms with Gasteiger partial charge in [-0.15, -0.1) is 0 Å². The third kappa shape index (κ3) is 2.40. The Kier molecular flexibility index (Phi) is 4.20. The van der Waals surface area contributed by atoms with Gasteiger partial charge in [-0.25, -0.2) is 22.0 Å². The molecule has 1 aromatic rings. The van der Waals surface area contributed by atoms with Crippen molar-refractivity contribution in [3.05, 3.63) is 34.6 Å². The van der Waals surface area contributed by atoms with Crippen LogP contribution in [0.1, 0.15) is 16.8 Å². The molecular formula is C10H5F5N2O. The van der Waals surface area contributed by atoms with E-state index in [-0.39, 0.29) is 13.0 Å². The summed E-state index contributed by atoms with van der Waals surface area (Å²) in [4.78, 5) is 11.2. The Hall–Kier alpha value is -2.17. The van der Waals surface area contributed by atoms with Crippen molar-refractivity contribution in [2.45, 2.75) is 6.42 Å². The van der Waals surface area contributed by atoms with Crippen molar-refractivity contribution in [1.29, 1.82) is 5.26 Å². The molecule has 1 rings (SSSR count). The number of nitrogens with one attached hydrogen (secondary N) is 1. The Morgan fingerprint density at radius 2 is 1.44 bits per heavy atom. The highest BCUT2D eigenvalue weighted by molar-refractivity contribution is 5.94. The number of nitriles is 1. The van der Waals surface area contributed by atoms with E-state index < -0.39 is 40.6 Å². The first-order valence-corrected chi connectivity index (χ1v) is 4.58. The molecule has 1 amide bonds. The average molecular weight is 264 g/mol. The molecule has 8 heteroatoms. The molecule has 3 nitrogen and oxygen atoms in total. The van der Waals surface area contributed by atoms with E-state index in [9.17, 15) is 26.7 Å². The highest BCUT2D eigenvalue weighted by Crippen LogP contribution is 2.22. The quantitative estimate of drug-likeness (QED) is 0.393. The van der Waals surface area contributed by atoms with Crippen molar-refractivity contribution < 1.29 is 26.7 Å². The molecule has 0 fully saturated rings. The summed E-state index contributed by atoms with van der Waals surface area (Å²) in [6.45, 7) is -0.269. The van der Waals surface area contributed by atoms with Crippen LogP contribution in [0.25, 0.3) is 0 Å². The maximum Gasteiger partial charge on any atom is 0.257 e. The van der Waals surface area contributed by atoms with Gasteiger partial charge >= 0.3 is 0 Å². The van der Waals surface area contributed by atoms with Crippen LogP contribution in [0.2, 0.25) is 0 Å². The second-order valence-corrected chi connectivity index (χ2v) is 3.11. The fourth-order valence-corrected chi connectivity index (χ4v) is 1.12. The third-order valence-corrected chi connectivity index (χ3v) is 1.96. The molecule has 0 atom stereocenters. The van der Waals surface area contributed by atoms with Gasteiger partial charge in [0, 0.05) is 6.54 Å². The van der Waals surface area contributed by atoms with Crippen molar-refractivity contribution in [2.24, 2.45) is 0 Å². The summed E-state index contributed by atoms with van der Waals surface area (Å²) in [7, 11) is 0. The first-order valence-electron chi connectivity index (χ1n) is 4.58. The summed E-state index contributed by atoms with van der Waals surface area (Å²) in [6, 6.07) is 1.63. The number of hydrogen-bond donors (Lipinski definition) is 1. The van der Waals surface area contributed by atoms with Crippen molar-refractivity contribution in [3.8, 4) is 6.07 Å². The van der Waals surface area contributed by atoms with Crippen molar-refractivity contribution in [1.82, 2.24) is 5.32 Å². The summed E-state index contributed by atoms with van der Waals surface area (Å²) in [5.41, 5.74) is -1.57. The molecule has 0 saturated carbocycles. The molecular weight excluding hydrogens is 259 g/mol. The molecule has 0 saturated heterocycles. The zero-order valence-electron chi connectivity index (χ0n) is 8.66. The van der Waals surface area contributed by atoms with E-state index in [2.05, 4.69) is 0 Å². The molecule has 0 unspecified atom stereocenters. The molecule has 18 heavy (non-hydrogen) atoms. The normalized spacial score (nSPS) is 10.0. The first kappa shape index (κ1) is 13.9. The number of hydrogen-bond acceptors (Lipinski definition) is 2. The van der Waals surface area contributed by atoms with Gasteiger partial charge in [0.15, 0.2) is 23.3 Å². The molecule has 1 N–H and O–H groups in total. The van der Waals surface area contributed by atoms with Crippen LogP contribution >= 0.6 is 0 Å². The van der Waals surface area contributed by atoms with E-state index in [1.54, 1.807) is 6.07 Å². The summed E-state index contributed by atoms with van der Waals surface area (Å²) in [6.07, 6.45) is -0.166. The van der Waals surface area contributed by atoms with Gasteiger partial charge in [0.1, 0.15) is 5.56 Å². The predicted octanol–water partition coefficient (Wildman–Crippen LogP) is 2.03. The van der Waals surface area contributed by atoms with E-state index in [0.29, 0.717) is 0 Å². The summed E-state index contributed by atoms with van der Waals surface area (Å²) >= 11 is 0. The lowest BCUT2D eigenvalue weighted by Gasteiger charge is -2.07. The van der Waals surface area contributed by atoms with Gasteiger partial charge in [0.05, 0.1) is 12.5 Å². The number of benzene rings is 1. The number of carbonyl (C=O) groups excluding carboxylic acids is 1. The lowest BCUT2D eigenvalue weighted by atomic mass is 10.1. The minimum Gasteiger partial charge on any atom is -0.351 e. The molecule has 1 aromatic carbocycles. The highest BCUT2D eigenvalue weighted by Gasteiger charge is 2.29. The Labute approximate surface area is 97.8 Å². The minimum atomic E-state index is -2.33. The highest BCUT2D eigenvalue weighted by atomic mass is 19.2. The maximum atomic E-state index is 13.1. The monoisotopic (exact) mass is 264 g/mol. The zero-order chi connectivity index (χ0) is 13.9. The Bertz CT molecular complexity index is 509. The third-order valence-electron chi connectivity index (χ3n) is 1.96. The van der Waals surface area contributed by atoms with Gasteiger partial charge in [0.2, 0.25) is 5.82 Å².